The van der Waals surface area contributed by atoms with Crippen molar-refractivity contribution in [1.29, 1.82) is 0 Å². The number of nitrogens with one attached hydrogen (secondary N) is 1. The van der Waals surface area contributed by atoms with Gasteiger partial charge in [-0.1, -0.05) is 25.3 Å². The van der Waals surface area contributed by atoms with Crippen molar-refractivity contribution < 1.29 is 14.6 Å². The fourth-order valence-electron chi connectivity index (χ4n) is 3.80. The molecule has 0 saturated carbocycles. The Morgan fingerprint density at radius 3 is 2.76 bits per heavy atom. The van der Waals surface area contributed by atoms with E-state index < -0.39 is 5.97 Å². The van der Waals surface area contributed by atoms with Crippen LogP contribution in [-0.2, 0) is 17.6 Å². The summed E-state index contributed by atoms with van der Waals surface area (Å²) in [6, 6.07) is 4.66. The zero-order valence-corrected chi connectivity index (χ0v) is 17.1. The number of anilines is 1. The second-order valence-corrected chi connectivity index (χ2v) is 7.59. The van der Waals surface area contributed by atoms with Crippen LogP contribution in [0.25, 0.3) is 0 Å². The number of aliphatic carboxylic acids is 1. The third-order valence-electron chi connectivity index (χ3n) is 5.41. The van der Waals surface area contributed by atoms with Crippen LogP contribution >= 0.6 is 0 Å². The summed E-state index contributed by atoms with van der Waals surface area (Å²) in [6.45, 7) is 1.01. The summed E-state index contributed by atoms with van der Waals surface area (Å²) in [5.74, 6) is 0.205. The standard InChI is InChI=1S/C22H30N4O3/c1-29-22-24-14-18(15-25-22)17(13-20(27)28)7-4-2-3-5-9-19-11-10-16-8-6-12-23-21(16)26-19/h10-11,14-15,17H,2-9,12-13H2,1H3,(H,23,26)(H,27,28)/t17-/m0/s1. The summed E-state index contributed by atoms with van der Waals surface area (Å²) in [6.07, 6.45) is 11.8. The van der Waals surface area contributed by atoms with Crippen molar-refractivity contribution in [3.63, 3.8) is 0 Å². The highest BCUT2D eigenvalue weighted by Crippen LogP contribution is 2.26. The molecule has 2 aromatic rings. The molecule has 3 rings (SSSR count). The second kappa shape index (κ2) is 10.7. The van der Waals surface area contributed by atoms with E-state index in [1.807, 2.05) is 0 Å². The molecule has 0 spiro atoms. The van der Waals surface area contributed by atoms with Crippen molar-refractivity contribution in [2.45, 2.75) is 63.7 Å². The van der Waals surface area contributed by atoms with Crippen LogP contribution in [0.4, 0.5) is 5.82 Å². The van der Waals surface area contributed by atoms with E-state index in [0.717, 1.165) is 68.6 Å². The molecule has 0 amide bonds. The number of hydrogen-bond acceptors (Lipinski definition) is 6. The quantitative estimate of drug-likeness (QED) is 0.552. The number of carboxylic acid groups (broad SMARTS) is 1. The maximum absolute atomic E-state index is 11.2. The lowest BCUT2D eigenvalue weighted by molar-refractivity contribution is -0.137. The Labute approximate surface area is 172 Å². The first-order valence-electron chi connectivity index (χ1n) is 10.5. The van der Waals surface area contributed by atoms with E-state index in [4.69, 9.17) is 9.72 Å². The van der Waals surface area contributed by atoms with E-state index in [9.17, 15) is 9.90 Å². The summed E-state index contributed by atoms with van der Waals surface area (Å²) in [4.78, 5) is 24.2. The fourth-order valence-corrected chi connectivity index (χ4v) is 3.80. The van der Waals surface area contributed by atoms with Crippen molar-refractivity contribution in [2.24, 2.45) is 0 Å². The molecule has 1 aliphatic rings. The average molecular weight is 399 g/mol. The van der Waals surface area contributed by atoms with Gasteiger partial charge in [0.1, 0.15) is 5.82 Å². The monoisotopic (exact) mass is 398 g/mol. The smallest absolute Gasteiger partial charge is 0.316 e. The second-order valence-electron chi connectivity index (χ2n) is 7.59. The Balaban J connectivity index is 1.41. The normalized spacial score (nSPS) is 14.0. The van der Waals surface area contributed by atoms with E-state index in [0.29, 0.717) is 6.01 Å². The predicted octanol–water partition coefficient (Wildman–Crippen LogP) is 3.99. The van der Waals surface area contributed by atoms with Crippen LogP contribution in [0.2, 0.25) is 0 Å². The number of ether oxygens (including phenoxy) is 1. The van der Waals surface area contributed by atoms with Crippen LogP contribution in [0.15, 0.2) is 24.5 Å². The number of pyridine rings is 1. The number of nitrogens with zero attached hydrogens (tertiary/aromatic N) is 3. The molecule has 0 aromatic carbocycles. The van der Waals surface area contributed by atoms with Crippen LogP contribution in [0.5, 0.6) is 6.01 Å². The van der Waals surface area contributed by atoms with E-state index in [1.165, 1.54) is 19.1 Å². The SMILES string of the molecule is COc1ncc([C@@H](CCCCCCc2ccc3c(n2)NCCC3)CC(=O)O)cn1. The maximum Gasteiger partial charge on any atom is 0.316 e. The van der Waals surface area contributed by atoms with Gasteiger partial charge in [0.2, 0.25) is 0 Å². The van der Waals surface area contributed by atoms with Gasteiger partial charge in [-0.25, -0.2) is 15.0 Å². The first kappa shape index (κ1) is 21.0. The van der Waals surface area contributed by atoms with Crippen LogP contribution < -0.4 is 10.1 Å². The number of fused-ring (bicyclic) bond motifs is 1. The number of unbranched alkanes of at least 4 members (excludes halogenated alkanes) is 3. The lowest BCUT2D eigenvalue weighted by Crippen LogP contribution is -2.13. The van der Waals surface area contributed by atoms with Gasteiger partial charge in [-0.05, 0) is 55.2 Å². The molecule has 1 atom stereocenters. The molecule has 0 bridgehead atoms. The van der Waals surface area contributed by atoms with Gasteiger partial charge in [0, 0.05) is 24.6 Å². The number of aryl methyl sites for hydroxylation is 2. The number of methoxy groups -OCH3 is 1. The van der Waals surface area contributed by atoms with E-state index in [-0.39, 0.29) is 12.3 Å². The van der Waals surface area contributed by atoms with Gasteiger partial charge in [0.25, 0.3) is 0 Å². The highest BCUT2D eigenvalue weighted by molar-refractivity contribution is 5.68. The molecule has 0 saturated heterocycles. The van der Waals surface area contributed by atoms with Crippen molar-refractivity contribution in [2.75, 3.05) is 19.0 Å². The van der Waals surface area contributed by atoms with Crippen LogP contribution in [0, 0.1) is 0 Å². The molecule has 29 heavy (non-hydrogen) atoms. The molecule has 3 heterocycles. The van der Waals surface area contributed by atoms with E-state index >= 15 is 0 Å². The number of carbonyl (C=O) groups is 1. The number of rotatable bonds is 11. The van der Waals surface area contributed by atoms with Crippen LogP contribution in [0.3, 0.4) is 0 Å². The third kappa shape index (κ3) is 6.41. The molecule has 2 N–H and O–H groups in total. The fraction of sp³-hybridized carbons (Fsp3) is 0.545. The minimum atomic E-state index is -0.794. The molecule has 2 aromatic heterocycles. The lowest BCUT2D eigenvalue weighted by atomic mass is 9.92. The zero-order chi connectivity index (χ0) is 20.5. The van der Waals surface area contributed by atoms with Gasteiger partial charge in [0.05, 0.1) is 13.5 Å². The zero-order valence-electron chi connectivity index (χ0n) is 17.1. The summed E-state index contributed by atoms with van der Waals surface area (Å²) < 4.78 is 4.97. The largest absolute Gasteiger partial charge is 0.481 e. The van der Waals surface area contributed by atoms with E-state index in [1.54, 1.807) is 12.4 Å². The Hall–Kier alpha value is -2.70. The molecule has 7 heteroatoms. The molecule has 7 nitrogen and oxygen atoms in total. The molecule has 156 valence electrons. The Morgan fingerprint density at radius 1 is 1.21 bits per heavy atom. The first-order chi connectivity index (χ1) is 14.2. The molecule has 0 unspecified atom stereocenters. The maximum atomic E-state index is 11.2. The molecule has 0 aliphatic carbocycles. The lowest BCUT2D eigenvalue weighted by Gasteiger charge is -2.17. The summed E-state index contributed by atoms with van der Waals surface area (Å²) in [5, 5.41) is 12.6. The number of hydrogen-bond donors (Lipinski definition) is 2. The van der Waals surface area contributed by atoms with Crippen molar-refractivity contribution >= 4 is 11.8 Å². The van der Waals surface area contributed by atoms with Gasteiger partial charge < -0.3 is 15.2 Å². The van der Waals surface area contributed by atoms with Crippen LogP contribution in [-0.4, -0.2) is 39.7 Å². The summed E-state index contributed by atoms with van der Waals surface area (Å²) >= 11 is 0. The van der Waals surface area contributed by atoms with Crippen molar-refractivity contribution in [3.8, 4) is 6.01 Å². The van der Waals surface area contributed by atoms with Gasteiger partial charge in [-0.15, -0.1) is 0 Å². The first-order valence-corrected chi connectivity index (χ1v) is 10.5. The minimum absolute atomic E-state index is 0.0632. The van der Waals surface area contributed by atoms with Gasteiger partial charge in [-0.2, -0.15) is 0 Å². The highest BCUT2D eigenvalue weighted by atomic mass is 16.5. The number of carboxylic acids is 1. The van der Waals surface area contributed by atoms with E-state index in [2.05, 4.69) is 27.4 Å². The van der Waals surface area contributed by atoms with Crippen molar-refractivity contribution in [3.05, 3.63) is 41.3 Å². The molecule has 0 radical (unpaired) electrons. The minimum Gasteiger partial charge on any atom is -0.481 e. The molecular weight excluding hydrogens is 368 g/mol. The molecule has 0 fully saturated rings. The predicted molar refractivity (Wildman–Crippen MR) is 111 cm³/mol. The van der Waals surface area contributed by atoms with Gasteiger partial charge in [-0.3, -0.25) is 4.79 Å². The number of aromatic nitrogens is 3. The van der Waals surface area contributed by atoms with Crippen LogP contribution in [0.1, 0.15) is 67.7 Å². The Kier molecular flexibility index (Phi) is 7.78. The van der Waals surface area contributed by atoms with Gasteiger partial charge in [0.15, 0.2) is 0 Å². The van der Waals surface area contributed by atoms with Crippen molar-refractivity contribution in [1.82, 2.24) is 15.0 Å². The summed E-state index contributed by atoms with van der Waals surface area (Å²) in [7, 11) is 1.51. The Morgan fingerprint density at radius 2 is 2.00 bits per heavy atom. The average Bonchev–Trinajstić information content (AvgIpc) is 2.75. The van der Waals surface area contributed by atoms with Gasteiger partial charge >= 0.3 is 12.0 Å². The molecular formula is C22H30N4O3. The highest BCUT2D eigenvalue weighted by Gasteiger charge is 2.16. The Bertz CT molecular complexity index is 795. The third-order valence-corrected chi connectivity index (χ3v) is 5.41. The summed E-state index contributed by atoms with van der Waals surface area (Å²) in [5.41, 5.74) is 3.34. The molecule has 1 aliphatic heterocycles. The topological polar surface area (TPSA) is 97.2 Å².